The van der Waals surface area contributed by atoms with Crippen molar-refractivity contribution in [2.45, 2.75) is 44.2 Å². The highest BCUT2D eigenvalue weighted by Crippen LogP contribution is 2.57. The van der Waals surface area contributed by atoms with Gasteiger partial charge in [-0.25, -0.2) is 17.4 Å². The fraction of sp³-hybridized carbons (Fsp3) is 0.500. The van der Waals surface area contributed by atoms with Crippen LogP contribution >= 0.6 is 38.5 Å². The van der Waals surface area contributed by atoms with E-state index in [4.69, 9.17) is 8.92 Å². The highest BCUT2D eigenvalue weighted by Gasteiger charge is 2.77. The van der Waals surface area contributed by atoms with Crippen LogP contribution in [-0.2, 0) is 38.5 Å². The number of β-lactam (4-membered cyclic amide) rings is 1. The lowest BCUT2D eigenvalue weighted by Crippen LogP contribution is -2.69. The number of rotatable bonds is 5. The molecule has 13 heteroatoms. The molecule has 3 rings (SSSR count). The van der Waals surface area contributed by atoms with E-state index in [2.05, 4.69) is 15.9 Å². The van der Waals surface area contributed by atoms with Gasteiger partial charge in [0.05, 0.1) is 4.90 Å². The number of sulfone groups is 1. The summed E-state index contributed by atoms with van der Waals surface area (Å²) in [5.41, 5.74) is 0.854. The van der Waals surface area contributed by atoms with Crippen LogP contribution in [0.15, 0.2) is 29.2 Å². The molecule has 0 saturated carbocycles. The number of hydrogen-bond donors (Lipinski definition) is 0. The Morgan fingerprint density at radius 3 is 2.38 bits per heavy atom. The number of alkyl halides is 2. The van der Waals surface area contributed by atoms with Crippen LogP contribution in [-0.4, -0.2) is 58.9 Å². The Morgan fingerprint density at radius 2 is 1.83 bits per heavy atom. The molecule has 2 aliphatic rings. The molecule has 3 atom stereocenters. The average molecular weight is 622 g/mol. The molecular formula is C16H17BrINO8S2. The summed E-state index contributed by atoms with van der Waals surface area (Å²) in [5, 5.41) is -1.23. The normalized spacial score (nSPS) is 29.8. The molecule has 1 aromatic carbocycles. The second kappa shape index (κ2) is 7.14. The second-order valence-corrected chi connectivity index (χ2v) is 15.8. The maximum Gasteiger partial charge on any atom is 0.332 e. The Morgan fingerprint density at radius 1 is 1.28 bits per heavy atom. The Labute approximate surface area is 190 Å². The summed E-state index contributed by atoms with van der Waals surface area (Å²) in [5.74, 6) is -1.64. The summed E-state index contributed by atoms with van der Waals surface area (Å²) in [6.07, 6.45) is 0. The Balaban J connectivity index is 1.74. The maximum atomic E-state index is 12.8. The summed E-state index contributed by atoms with van der Waals surface area (Å²) in [7, 11) is -8.08. The number of carbonyl (C=O) groups is 2. The van der Waals surface area contributed by atoms with Crippen molar-refractivity contribution in [2.24, 2.45) is 0 Å². The third-order valence-electron chi connectivity index (χ3n) is 4.98. The first-order valence-corrected chi connectivity index (χ1v) is 13.0. The molecule has 0 radical (unpaired) electrons. The van der Waals surface area contributed by atoms with Crippen LogP contribution in [0.4, 0.5) is 0 Å². The molecule has 1 aromatic rings. The quantitative estimate of drug-likeness (QED) is 0.121. The molecular weight excluding hydrogens is 605 g/mol. The Bertz CT molecular complexity index is 1080. The zero-order valence-electron chi connectivity index (χ0n) is 15.5. The molecule has 0 N–H and O–H groups in total. The standard InChI is InChI=1S/C16H17BrINO8S2/c1-9-4-6-10(7-5-9)29(24,25)27-8-26-12(20)11-15(2,3)28(22,23)14-16(17,18)13(21)19(11)14/h4-7,11,14H,8H2,1-3H3/t11-,14+,16?/m0/s1. The number of fused-ring (bicyclic) bond motifs is 1. The van der Waals surface area contributed by atoms with Crippen LogP contribution < -0.4 is 0 Å². The van der Waals surface area contributed by atoms with E-state index in [0.717, 1.165) is 10.5 Å². The summed E-state index contributed by atoms with van der Waals surface area (Å²) in [4.78, 5) is 25.8. The van der Waals surface area contributed by atoms with Gasteiger partial charge in [-0.2, -0.15) is 8.42 Å². The predicted molar refractivity (Wildman–Crippen MR) is 114 cm³/mol. The zero-order valence-corrected chi connectivity index (χ0v) is 20.8. The van der Waals surface area contributed by atoms with Gasteiger partial charge in [0.15, 0.2) is 17.5 Å². The number of ether oxygens (including phenoxy) is 1. The van der Waals surface area contributed by atoms with E-state index in [-0.39, 0.29) is 4.90 Å². The van der Waals surface area contributed by atoms with Crippen LogP contribution in [0.25, 0.3) is 0 Å². The van der Waals surface area contributed by atoms with E-state index in [0.29, 0.717) is 0 Å². The smallest absolute Gasteiger partial charge is 0.332 e. The lowest BCUT2D eigenvalue weighted by molar-refractivity contribution is -0.165. The Kier molecular flexibility index (Phi) is 5.64. The van der Waals surface area contributed by atoms with Gasteiger partial charge in [-0.15, -0.1) is 0 Å². The minimum atomic E-state index is -4.17. The van der Waals surface area contributed by atoms with Crippen LogP contribution in [0.2, 0.25) is 0 Å². The molecule has 1 unspecified atom stereocenters. The van der Waals surface area contributed by atoms with Crippen LogP contribution in [0.1, 0.15) is 19.4 Å². The molecule has 9 nitrogen and oxygen atoms in total. The molecule has 160 valence electrons. The lowest BCUT2D eigenvalue weighted by atomic mass is 9.98. The van der Waals surface area contributed by atoms with Gasteiger partial charge >= 0.3 is 5.97 Å². The minimum absolute atomic E-state index is 0.116. The van der Waals surface area contributed by atoms with Gasteiger partial charge in [0.1, 0.15) is 10.8 Å². The van der Waals surface area contributed by atoms with Crippen LogP contribution in [0, 0.1) is 6.92 Å². The van der Waals surface area contributed by atoms with Crippen LogP contribution in [0.5, 0.6) is 0 Å². The first kappa shape index (κ1) is 22.9. The van der Waals surface area contributed by atoms with E-state index in [1.807, 2.05) is 0 Å². The molecule has 0 aliphatic carbocycles. The van der Waals surface area contributed by atoms with Crippen molar-refractivity contribution in [1.82, 2.24) is 4.90 Å². The number of benzene rings is 1. The number of amides is 1. The largest absolute Gasteiger partial charge is 0.436 e. The average Bonchev–Trinajstić information content (AvgIpc) is 2.76. The number of halogens is 2. The lowest BCUT2D eigenvalue weighted by Gasteiger charge is -2.45. The van der Waals surface area contributed by atoms with E-state index in [1.54, 1.807) is 41.6 Å². The maximum absolute atomic E-state index is 12.8. The number of nitrogens with zero attached hydrogens (tertiary/aromatic N) is 1. The zero-order chi connectivity index (χ0) is 22.0. The molecule has 1 amide bonds. The van der Waals surface area contributed by atoms with Gasteiger partial charge in [0.25, 0.3) is 16.0 Å². The van der Waals surface area contributed by atoms with Crippen molar-refractivity contribution in [2.75, 3.05) is 6.79 Å². The summed E-state index contributed by atoms with van der Waals surface area (Å²) < 4.78 is 56.6. The molecule has 2 heterocycles. The fourth-order valence-corrected chi connectivity index (χ4v) is 8.89. The number of esters is 1. The van der Waals surface area contributed by atoms with E-state index >= 15 is 0 Å². The molecule has 2 aliphatic heterocycles. The van der Waals surface area contributed by atoms with Crippen molar-refractivity contribution in [1.29, 1.82) is 0 Å². The van der Waals surface area contributed by atoms with Crippen molar-refractivity contribution < 1.29 is 35.3 Å². The third-order valence-corrected chi connectivity index (χ3v) is 11.6. The van der Waals surface area contributed by atoms with Gasteiger partial charge in [0, 0.05) is 0 Å². The summed E-state index contributed by atoms with van der Waals surface area (Å²) >= 11 is 4.79. The van der Waals surface area contributed by atoms with Crippen molar-refractivity contribution in [3.8, 4) is 0 Å². The van der Waals surface area contributed by atoms with E-state index < -0.39 is 57.1 Å². The Hall–Kier alpha value is -0.770. The summed E-state index contributed by atoms with van der Waals surface area (Å²) in [6, 6.07) is 4.44. The fourth-order valence-electron chi connectivity index (χ4n) is 3.26. The van der Waals surface area contributed by atoms with E-state index in [1.165, 1.54) is 26.0 Å². The van der Waals surface area contributed by atoms with E-state index in [9.17, 15) is 26.4 Å². The molecule has 29 heavy (non-hydrogen) atoms. The van der Waals surface area contributed by atoms with Gasteiger partial charge in [-0.3, -0.25) is 4.79 Å². The number of hydrogen-bond acceptors (Lipinski definition) is 8. The van der Waals surface area contributed by atoms with Gasteiger partial charge in [-0.05, 0) is 32.9 Å². The first-order valence-electron chi connectivity index (χ1n) is 8.22. The molecule has 0 spiro atoms. The monoisotopic (exact) mass is 621 g/mol. The molecule has 0 aromatic heterocycles. The van der Waals surface area contributed by atoms with Gasteiger partial charge in [-0.1, -0.05) is 56.2 Å². The van der Waals surface area contributed by atoms with Crippen molar-refractivity contribution in [3.05, 3.63) is 29.8 Å². The van der Waals surface area contributed by atoms with Crippen LogP contribution in [0.3, 0.4) is 0 Å². The minimum Gasteiger partial charge on any atom is -0.436 e. The first-order chi connectivity index (χ1) is 13.2. The number of carbonyl (C=O) groups excluding carboxylic acids is 2. The van der Waals surface area contributed by atoms with Gasteiger partial charge in [0.2, 0.25) is 6.79 Å². The third kappa shape index (κ3) is 3.42. The molecule has 0 bridgehead atoms. The van der Waals surface area contributed by atoms with Crippen molar-refractivity contribution >= 4 is 70.4 Å². The highest BCUT2D eigenvalue weighted by molar-refractivity contribution is 14.1. The molecule has 2 fully saturated rings. The molecule has 2 saturated heterocycles. The topological polar surface area (TPSA) is 124 Å². The highest BCUT2D eigenvalue weighted by atomic mass is 127. The SMILES string of the molecule is Cc1ccc(S(=O)(=O)OCOC(=O)[C@@H]2N3C(=O)C(Br)(I)[C@H]3S(=O)(=O)C2(C)C)cc1. The summed E-state index contributed by atoms with van der Waals surface area (Å²) in [6.45, 7) is 3.49. The van der Waals surface area contributed by atoms with Gasteiger partial charge < -0.3 is 9.64 Å². The predicted octanol–water partition coefficient (Wildman–Crippen LogP) is 1.47. The number of aryl methyl sites for hydroxylation is 1. The van der Waals surface area contributed by atoms with Crippen molar-refractivity contribution in [3.63, 3.8) is 0 Å². The second-order valence-electron chi connectivity index (χ2n) is 7.20.